The van der Waals surface area contributed by atoms with E-state index < -0.39 is 0 Å². The molecule has 0 aliphatic heterocycles. The molecule has 0 aromatic heterocycles. The number of methoxy groups -OCH3 is 1. The highest BCUT2D eigenvalue weighted by Gasteiger charge is 2.07. The molecule has 0 unspecified atom stereocenters. The molecule has 0 fully saturated rings. The summed E-state index contributed by atoms with van der Waals surface area (Å²) < 4.78 is 5.06. The van der Waals surface area contributed by atoms with Crippen LogP contribution in [-0.2, 0) is 0 Å². The molecule has 0 radical (unpaired) electrons. The molecule has 1 aromatic carbocycles. The number of nitrogens with two attached hydrogens (primary N) is 1. The van der Waals surface area contributed by atoms with Gasteiger partial charge in [-0.1, -0.05) is 17.7 Å². The largest absolute Gasteiger partial charge is 0.497 e. The quantitative estimate of drug-likeness (QED) is 0.756. The van der Waals surface area contributed by atoms with Crippen LogP contribution in [0, 0.1) is 0 Å². The molecule has 0 aliphatic rings. The van der Waals surface area contributed by atoms with Crippen molar-refractivity contribution in [1.29, 1.82) is 0 Å². The maximum Gasteiger partial charge on any atom is 0.119 e. The van der Waals surface area contributed by atoms with Gasteiger partial charge in [0, 0.05) is 11.1 Å². The van der Waals surface area contributed by atoms with Gasteiger partial charge in [0.05, 0.1) is 7.11 Å². The van der Waals surface area contributed by atoms with Crippen LogP contribution in [0.25, 0.3) is 0 Å². The molecule has 0 bridgehead atoms. The van der Waals surface area contributed by atoms with Crippen molar-refractivity contribution >= 4 is 11.6 Å². The Morgan fingerprint density at radius 2 is 2.31 bits per heavy atom. The lowest BCUT2D eigenvalue weighted by Gasteiger charge is -2.10. The number of hydrogen-bond donors (Lipinski definition) is 1. The van der Waals surface area contributed by atoms with Gasteiger partial charge in [0.2, 0.25) is 0 Å². The number of halogens is 1. The molecular formula is C10H12ClNO. The monoisotopic (exact) mass is 197 g/mol. The van der Waals surface area contributed by atoms with Crippen LogP contribution in [0.1, 0.15) is 11.6 Å². The molecule has 0 heterocycles. The van der Waals surface area contributed by atoms with Crippen LogP contribution in [0.15, 0.2) is 30.9 Å². The lowest BCUT2D eigenvalue weighted by atomic mass is 10.1. The van der Waals surface area contributed by atoms with Crippen LogP contribution in [0.3, 0.4) is 0 Å². The molecule has 0 amide bonds. The average molecular weight is 198 g/mol. The predicted octanol–water partition coefficient (Wildman–Crippen LogP) is 2.53. The Balaban J connectivity index is 3.10. The van der Waals surface area contributed by atoms with E-state index >= 15 is 0 Å². The van der Waals surface area contributed by atoms with Gasteiger partial charge in [-0.25, -0.2) is 0 Å². The first kappa shape index (κ1) is 10.1. The van der Waals surface area contributed by atoms with Crippen LogP contribution in [0.4, 0.5) is 0 Å². The standard InChI is InChI=1S/C10H12ClNO/c1-3-10(12)8-6-7(13-2)4-5-9(8)11/h3-6,10H,1,12H2,2H3/t10-/m0/s1. The highest BCUT2D eigenvalue weighted by atomic mass is 35.5. The SMILES string of the molecule is C=C[C@H](N)c1cc(OC)ccc1Cl. The summed E-state index contributed by atoms with van der Waals surface area (Å²) in [6.45, 7) is 3.61. The molecular weight excluding hydrogens is 186 g/mol. The van der Waals surface area contributed by atoms with E-state index in [0.29, 0.717) is 5.02 Å². The smallest absolute Gasteiger partial charge is 0.119 e. The van der Waals surface area contributed by atoms with Crippen molar-refractivity contribution < 1.29 is 4.74 Å². The minimum absolute atomic E-state index is 0.248. The second-order valence-electron chi connectivity index (χ2n) is 2.65. The third-order valence-corrected chi connectivity index (χ3v) is 2.16. The topological polar surface area (TPSA) is 35.2 Å². The molecule has 3 heteroatoms. The minimum Gasteiger partial charge on any atom is -0.497 e. The van der Waals surface area contributed by atoms with E-state index in [1.165, 1.54) is 0 Å². The molecule has 0 saturated heterocycles. The van der Waals surface area contributed by atoms with Crippen molar-refractivity contribution in [3.8, 4) is 5.75 Å². The second-order valence-corrected chi connectivity index (χ2v) is 3.06. The summed E-state index contributed by atoms with van der Waals surface area (Å²) in [5.74, 6) is 0.747. The van der Waals surface area contributed by atoms with Crippen molar-refractivity contribution in [2.45, 2.75) is 6.04 Å². The summed E-state index contributed by atoms with van der Waals surface area (Å²) in [5, 5.41) is 0.633. The van der Waals surface area contributed by atoms with E-state index in [1.807, 2.05) is 6.07 Å². The van der Waals surface area contributed by atoms with Crippen molar-refractivity contribution in [2.24, 2.45) is 5.73 Å². The van der Waals surface area contributed by atoms with Crippen molar-refractivity contribution in [1.82, 2.24) is 0 Å². The highest BCUT2D eigenvalue weighted by molar-refractivity contribution is 6.31. The van der Waals surface area contributed by atoms with Gasteiger partial charge in [-0.15, -0.1) is 6.58 Å². The Kier molecular flexibility index (Phi) is 3.34. The summed E-state index contributed by atoms with van der Waals surface area (Å²) in [4.78, 5) is 0. The molecule has 2 N–H and O–H groups in total. The zero-order valence-corrected chi connectivity index (χ0v) is 8.21. The number of ether oxygens (including phenoxy) is 1. The summed E-state index contributed by atoms with van der Waals surface area (Å²) in [6, 6.07) is 5.12. The molecule has 0 aliphatic carbocycles. The van der Waals surface area contributed by atoms with Crippen LogP contribution in [0.5, 0.6) is 5.75 Å². The zero-order chi connectivity index (χ0) is 9.84. The molecule has 2 nitrogen and oxygen atoms in total. The van der Waals surface area contributed by atoms with Crippen molar-refractivity contribution in [2.75, 3.05) is 7.11 Å². The molecule has 1 atom stereocenters. The summed E-state index contributed by atoms with van der Waals surface area (Å²) in [7, 11) is 1.60. The van der Waals surface area contributed by atoms with Gasteiger partial charge < -0.3 is 10.5 Å². The van der Waals surface area contributed by atoms with Gasteiger partial charge >= 0.3 is 0 Å². The van der Waals surface area contributed by atoms with Crippen LogP contribution in [-0.4, -0.2) is 7.11 Å². The van der Waals surface area contributed by atoms with Gasteiger partial charge in [-0.3, -0.25) is 0 Å². The Labute approximate surface area is 83.0 Å². The third-order valence-electron chi connectivity index (χ3n) is 1.82. The normalized spacial score (nSPS) is 12.2. The van der Waals surface area contributed by atoms with Crippen molar-refractivity contribution in [3.63, 3.8) is 0 Å². The van der Waals surface area contributed by atoms with Gasteiger partial charge in [0.15, 0.2) is 0 Å². The average Bonchev–Trinajstić information content (AvgIpc) is 2.17. The second kappa shape index (κ2) is 4.30. The summed E-state index contributed by atoms with van der Waals surface area (Å²) >= 11 is 5.94. The molecule has 1 rings (SSSR count). The third kappa shape index (κ3) is 2.23. The summed E-state index contributed by atoms with van der Waals surface area (Å²) in [5.41, 5.74) is 6.59. The Morgan fingerprint density at radius 3 is 2.85 bits per heavy atom. The van der Waals surface area contributed by atoms with E-state index in [9.17, 15) is 0 Å². The van der Waals surface area contributed by atoms with Crippen LogP contribution < -0.4 is 10.5 Å². The van der Waals surface area contributed by atoms with Crippen LogP contribution >= 0.6 is 11.6 Å². The van der Waals surface area contributed by atoms with E-state index in [-0.39, 0.29) is 6.04 Å². The maximum atomic E-state index is 5.94. The van der Waals surface area contributed by atoms with Gasteiger partial charge in [-0.2, -0.15) is 0 Å². The first-order valence-electron chi connectivity index (χ1n) is 3.90. The molecule has 0 spiro atoms. The fourth-order valence-electron chi connectivity index (χ4n) is 1.03. The Morgan fingerprint density at radius 1 is 1.62 bits per heavy atom. The molecule has 1 aromatic rings. The van der Waals surface area contributed by atoms with Gasteiger partial charge in [0.1, 0.15) is 5.75 Å². The zero-order valence-electron chi connectivity index (χ0n) is 7.46. The predicted molar refractivity (Wildman–Crippen MR) is 55.1 cm³/mol. The molecule has 70 valence electrons. The molecule has 13 heavy (non-hydrogen) atoms. The molecule has 0 saturated carbocycles. The first-order chi connectivity index (χ1) is 6.19. The Hall–Kier alpha value is -0.990. The van der Waals surface area contributed by atoms with E-state index in [4.69, 9.17) is 22.1 Å². The fourth-order valence-corrected chi connectivity index (χ4v) is 1.27. The summed E-state index contributed by atoms with van der Waals surface area (Å²) in [6.07, 6.45) is 1.64. The van der Waals surface area contributed by atoms with E-state index in [2.05, 4.69) is 6.58 Å². The van der Waals surface area contributed by atoms with Crippen LogP contribution in [0.2, 0.25) is 5.02 Å². The van der Waals surface area contributed by atoms with E-state index in [1.54, 1.807) is 25.3 Å². The number of hydrogen-bond acceptors (Lipinski definition) is 2. The minimum atomic E-state index is -0.248. The lowest BCUT2D eigenvalue weighted by Crippen LogP contribution is -2.07. The van der Waals surface area contributed by atoms with Gasteiger partial charge in [-0.05, 0) is 23.8 Å². The fraction of sp³-hybridized carbons (Fsp3) is 0.200. The first-order valence-corrected chi connectivity index (χ1v) is 4.28. The number of rotatable bonds is 3. The van der Waals surface area contributed by atoms with Crippen molar-refractivity contribution in [3.05, 3.63) is 41.4 Å². The highest BCUT2D eigenvalue weighted by Crippen LogP contribution is 2.26. The van der Waals surface area contributed by atoms with Gasteiger partial charge in [0.25, 0.3) is 0 Å². The Bertz CT molecular complexity index is 312. The maximum absolute atomic E-state index is 5.94. The van der Waals surface area contributed by atoms with E-state index in [0.717, 1.165) is 11.3 Å². The number of benzene rings is 1. The lowest BCUT2D eigenvalue weighted by molar-refractivity contribution is 0.414.